The Balaban J connectivity index is 1.62. The van der Waals surface area contributed by atoms with Crippen molar-refractivity contribution in [2.24, 2.45) is 0 Å². The molecule has 3 rings (SSSR count). The van der Waals surface area contributed by atoms with Gasteiger partial charge in [-0.25, -0.2) is 14.4 Å². The number of amides is 1. The summed E-state index contributed by atoms with van der Waals surface area (Å²) in [4.78, 5) is 21.9. The van der Waals surface area contributed by atoms with Crippen molar-refractivity contribution in [3.63, 3.8) is 0 Å². The van der Waals surface area contributed by atoms with Gasteiger partial charge in [-0.05, 0) is 25.0 Å². The van der Waals surface area contributed by atoms with Gasteiger partial charge in [-0.2, -0.15) is 0 Å². The Morgan fingerprint density at radius 1 is 1.54 bits per heavy atom. The predicted molar refractivity (Wildman–Crippen MR) is 84.2 cm³/mol. The van der Waals surface area contributed by atoms with Gasteiger partial charge in [-0.1, -0.05) is 0 Å². The normalized spacial score (nSPS) is 20.9. The lowest BCUT2D eigenvalue weighted by Gasteiger charge is -2.39. The third kappa shape index (κ3) is 3.70. The molecule has 0 aliphatic carbocycles. The van der Waals surface area contributed by atoms with Crippen molar-refractivity contribution in [3.8, 4) is 0 Å². The molecule has 128 valence electrons. The van der Waals surface area contributed by atoms with Gasteiger partial charge in [-0.3, -0.25) is 4.79 Å². The van der Waals surface area contributed by atoms with Gasteiger partial charge in [0.1, 0.15) is 17.9 Å². The van der Waals surface area contributed by atoms with Crippen molar-refractivity contribution >= 4 is 11.7 Å². The van der Waals surface area contributed by atoms with Crippen LogP contribution in [-0.2, 0) is 0 Å². The van der Waals surface area contributed by atoms with Crippen LogP contribution in [0.3, 0.4) is 0 Å². The van der Waals surface area contributed by atoms with Gasteiger partial charge in [0.25, 0.3) is 5.91 Å². The molecule has 3 heterocycles. The van der Waals surface area contributed by atoms with E-state index in [9.17, 15) is 14.3 Å². The minimum absolute atomic E-state index is 0.0927. The van der Waals surface area contributed by atoms with E-state index in [1.807, 2.05) is 4.90 Å². The van der Waals surface area contributed by atoms with Crippen molar-refractivity contribution in [2.45, 2.75) is 25.4 Å². The van der Waals surface area contributed by atoms with Gasteiger partial charge in [0.2, 0.25) is 0 Å². The number of aryl methyl sites for hydroxylation is 1. The largest absolute Gasteiger partial charge is 0.448 e. The highest BCUT2D eigenvalue weighted by atomic mass is 19.1. The highest BCUT2D eigenvalue weighted by molar-refractivity contribution is 5.91. The molecule has 1 atom stereocenters. The molecule has 24 heavy (non-hydrogen) atoms. The quantitative estimate of drug-likeness (QED) is 0.875. The maximum atomic E-state index is 13.0. The van der Waals surface area contributed by atoms with Crippen LogP contribution in [0, 0.1) is 12.7 Å². The Morgan fingerprint density at radius 3 is 3.04 bits per heavy atom. The van der Waals surface area contributed by atoms with Crippen molar-refractivity contribution in [1.29, 1.82) is 0 Å². The summed E-state index contributed by atoms with van der Waals surface area (Å²) in [6.07, 6.45) is 3.74. The van der Waals surface area contributed by atoms with E-state index in [0.29, 0.717) is 24.7 Å². The number of hydrogen-bond donors (Lipinski definition) is 2. The zero-order valence-electron chi connectivity index (χ0n) is 13.3. The van der Waals surface area contributed by atoms with E-state index >= 15 is 0 Å². The van der Waals surface area contributed by atoms with Crippen LogP contribution in [0.25, 0.3) is 0 Å². The Labute approximate surface area is 138 Å². The van der Waals surface area contributed by atoms with E-state index in [2.05, 4.69) is 15.3 Å². The third-order valence-electron chi connectivity index (χ3n) is 4.02. The smallest absolute Gasteiger partial charge is 0.273 e. The van der Waals surface area contributed by atoms with Crippen LogP contribution in [0.15, 0.2) is 29.0 Å². The number of carbonyl (C=O) groups is 1. The number of oxazole rings is 1. The molecule has 1 aliphatic rings. The summed E-state index contributed by atoms with van der Waals surface area (Å²) in [5.74, 6) is 0.219. The van der Waals surface area contributed by atoms with Crippen LogP contribution in [0.5, 0.6) is 0 Å². The van der Waals surface area contributed by atoms with E-state index < -0.39 is 17.3 Å². The second-order valence-corrected chi connectivity index (χ2v) is 6.02. The van der Waals surface area contributed by atoms with E-state index in [-0.39, 0.29) is 12.2 Å². The number of aromatic nitrogens is 2. The number of piperidine rings is 1. The first-order valence-electron chi connectivity index (χ1n) is 7.74. The summed E-state index contributed by atoms with van der Waals surface area (Å²) < 4.78 is 18.0. The zero-order chi connectivity index (χ0) is 17.2. The SMILES string of the molecule is Cc1nc(C(=O)NC[C@@]2(O)CCCN(c3ccc(F)cn3)C2)co1. The lowest BCUT2D eigenvalue weighted by Crippen LogP contribution is -2.54. The molecule has 8 heteroatoms. The van der Waals surface area contributed by atoms with Gasteiger partial charge in [0.15, 0.2) is 11.6 Å². The molecule has 0 unspecified atom stereocenters. The summed E-state index contributed by atoms with van der Waals surface area (Å²) in [5, 5.41) is 13.4. The lowest BCUT2D eigenvalue weighted by molar-refractivity contribution is 0.0253. The molecule has 0 spiro atoms. The number of pyridine rings is 1. The number of β-amino-alcohol motifs (C(OH)–C–C–N with tert-alkyl or cyclic N) is 1. The highest BCUT2D eigenvalue weighted by Crippen LogP contribution is 2.24. The fraction of sp³-hybridized carbons (Fsp3) is 0.438. The first-order valence-corrected chi connectivity index (χ1v) is 7.74. The molecule has 2 N–H and O–H groups in total. The highest BCUT2D eigenvalue weighted by Gasteiger charge is 2.34. The van der Waals surface area contributed by atoms with Crippen LogP contribution in [0.1, 0.15) is 29.2 Å². The van der Waals surface area contributed by atoms with E-state index in [4.69, 9.17) is 4.42 Å². The zero-order valence-corrected chi connectivity index (χ0v) is 13.3. The molecule has 7 nitrogen and oxygen atoms in total. The number of hydrogen-bond acceptors (Lipinski definition) is 6. The van der Waals surface area contributed by atoms with Gasteiger partial charge < -0.3 is 19.7 Å². The number of halogens is 1. The molecule has 1 aliphatic heterocycles. The monoisotopic (exact) mass is 334 g/mol. The second-order valence-electron chi connectivity index (χ2n) is 6.02. The van der Waals surface area contributed by atoms with Gasteiger partial charge >= 0.3 is 0 Å². The summed E-state index contributed by atoms with van der Waals surface area (Å²) >= 11 is 0. The third-order valence-corrected chi connectivity index (χ3v) is 4.02. The average Bonchev–Trinajstić information content (AvgIpc) is 3.00. The van der Waals surface area contributed by atoms with Crippen LogP contribution in [0.4, 0.5) is 10.2 Å². The van der Waals surface area contributed by atoms with Crippen LogP contribution >= 0.6 is 0 Å². The van der Waals surface area contributed by atoms with E-state index in [1.165, 1.54) is 12.3 Å². The topological polar surface area (TPSA) is 91.5 Å². The van der Waals surface area contributed by atoms with Gasteiger partial charge in [0.05, 0.1) is 11.8 Å². The Hall–Kier alpha value is -2.48. The maximum absolute atomic E-state index is 13.0. The molecule has 0 bridgehead atoms. The number of nitrogens with one attached hydrogen (secondary N) is 1. The van der Waals surface area contributed by atoms with E-state index in [0.717, 1.165) is 19.2 Å². The molecule has 2 aromatic rings. The first kappa shape index (κ1) is 16.4. The Kier molecular flexibility index (Phi) is 4.48. The van der Waals surface area contributed by atoms with Crippen molar-refractivity contribution in [1.82, 2.24) is 15.3 Å². The average molecular weight is 334 g/mol. The second kappa shape index (κ2) is 6.56. The first-order chi connectivity index (χ1) is 11.5. The van der Waals surface area contributed by atoms with E-state index in [1.54, 1.807) is 13.0 Å². The molecular weight excluding hydrogens is 315 g/mol. The molecular formula is C16H19FN4O3. The fourth-order valence-electron chi connectivity index (χ4n) is 2.81. The van der Waals surface area contributed by atoms with Crippen LogP contribution in [0.2, 0.25) is 0 Å². The summed E-state index contributed by atoms with van der Waals surface area (Å²) in [6.45, 7) is 2.77. The van der Waals surface area contributed by atoms with Crippen molar-refractivity contribution in [2.75, 3.05) is 24.5 Å². The van der Waals surface area contributed by atoms with Crippen LogP contribution < -0.4 is 10.2 Å². The fourth-order valence-corrected chi connectivity index (χ4v) is 2.81. The predicted octanol–water partition coefficient (Wildman–Crippen LogP) is 1.28. The minimum Gasteiger partial charge on any atom is -0.448 e. The molecule has 0 radical (unpaired) electrons. The van der Waals surface area contributed by atoms with Gasteiger partial charge in [-0.15, -0.1) is 0 Å². The Morgan fingerprint density at radius 2 is 2.38 bits per heavy atom. The summed E-state index contributed by atoms with van der Waals surface area (Å²) in [7, 11) is 0. The summed E-state index contributed by atoms with van der Waals surface area (Å²) in [5.41, 5.74) is -0.896. The maximum Gasteiger partial charge on any atom is 0.273 e. The molecule has 2 aromatic heterocycles. The number of nitrogens with zero attached hydrogens (tertiary/aromatic N) is 3. The standard InChI is InChI=1S/C16H19FN4O3/c1-11-20-13(8-24-11)15(22)19-9-16(23)5-2-6-21(10-16)14-4-3-12(17)7-18-14/h3-4,7-8,23H,2,5-6,9-10H2,1H3,(H,19,22)/t16-/m0/s1. The Bertz CT molecular complexity index is 718. The minimum atomic E-state index is -1.08. The number of carbonyl (C=O) groups excluding carboxylic acids is 1. The molecule has 1 amide bonds. The van der Waals surface area contributed by atoms with Crippen molar-refractivity contribution < 1.29 is 18.7 Å². The summed E-state index contributed by atoms with van der Waals surface area (Å²) in [6, 6.07) is 2.92. The molecule has 1 fully saturated rings. The van der Waals surface area contributed by atoms with Gasteiger partial charge in [0, 0.05) is 26.6 Å². The number of rotatable bonds is 4. The van der Waals surface area contributed by atoms with Crippen LogP contribution in [-0.4, -0.2) is 46.2 Å². The number of aliphatic hydroxyl groups is 1. The van der Waals surface area contributed by atoms with Crippen molar-refractivity contribution in [3.05, 3.63) is 42.0 Å². The lowest BCUT2D eigenvalue weighted by atomic mass is 9.92. The molecule has 1 saturated heterocycles. The molecule has 0 aromatic carbocycles. The number of anilines is 1. The molecule has 0 saturated carbocycles.